The van der Waals surface area contributed by atoms with Crippen molar-refractivity contribution in [1.29, 1.82) is 0 Å². The maximum Gasteiger partial charge on any atom is 0.249 e. The number of carbonyl (C=O) groups excluding carboxylic acids is 3. The van der Waals surface area contributed by atoms with E-state index in [0.29, 0.717) is 36.7 Å². The average Bonchev–Trinajstić information content (AvgIpc) is 3.55. The summed E-state index contributed by atoms with van der Waals surface area (Å²) in [6, 6.07) is 1.21. The van der Waals surface area contributed by atoms with Crippen LogP contribution in [-0.2, 0) is 16.1 Å². The minimum atomic E-state index is -1.74. The molecule has 184 valence electrons. The summed E-state index contributed by atoms with van der Waals surface area (Å²) in [5, 5.41) is 9.95. The van der Waals surface area contributed by atoms with Gasteiger partial charge in [-0.25, -0.2) is 0 Å². The van der Waals surface area contributed by atoms with Gasteiger partial charge in [0.05, 0.1) is 20.8 Å². The van der Waals surface area contributed by atoms with E-state index in [4.69, 9.17) is 30.3 Å². The van der Waals surface area contributed by atoms with Gasteiger partial charge in [-0.15, -0.1) is 0 Å². The molecule has 3 aliphatic rings. The first kappa shape index (κ1) is 23.2. The SMILES string of the molecule is COc1cc(OC)c2c(c1Cl)O[C@@]1(C(=O)C=C(NCc3noc(C4CCC(=O)N4)n3)C[C@H]1C)C2=O. The van der Waals surface area contributed by atoms with Crippen LogP contribution in [0.3, 0.4) is 0 Å². The summed E-state index contributed by atoms with van der Waals surface area (Å²) < 4.78 is 21.9. The van der Waals surface area contributed by atoms with Crippen LogP contribution in [0.5, 0.6) is 17.2 Å². The molecule has 1 fully saturated rings. The Morgan fingerprint density at radius 2 is 2.03 bits per heavy atom. The first-order chi connectivity index (χ1) is 16.8. The Hall–Kier alpha value is -3.60. The van der Waals surface area contributed by atoms with Crippen molar-refractivity contribution in [3.8, 4) is 17.2 Å². The van der Waals surface area contributed by atoms with Crippen LogP contribution in [0.1, 0.15) is 54.3 Å². The number of ether oxygens (including phenoxy) is 3. The lowest BCUT2D eigenvalue weighted by Crippen LogP contribution is -2.55. The molecule has 3 heterocycles. The highest BCUT2D eigenvalue weighted by Crippen LogP contribution is 2.52. The Bertz CT molecular complexity index is 1270. The van der Waals surface area contributed by atoms with E-state index in [1.807, 2.05) is 0 Å². The first-order valence-electron chi connectivity index (χ1n) is 11.1. The van der Waals surface area contributed by atoms with Crippen LogP contribution >= 0.6 is 11.6 Å². The smallest absolute Gasteiger partial charge is 0.249 e. The fourth-order valence-corrected chi connectivity index (χ4v) is 4.99. The molecule has 1 aromatic heterocycles. The van der Waals surface area contributed by atoms with Gasteiger partial charge in [0.15, 0.2) is 11.6 Å². The summed E-state index contributed by atoms with van der Waals surface area (Å²) in [5.74, 6) is -0.253. The van der Waals surface area contributed by atoms with Gasteiger partial charge >= 0.3 is 0 Å². The second kappa shape index (κ2) is 8.56. The molecule has 1 amide bonds. The molecule has 2 aliphatic heterocycles. The number of ketones is 2. The Morgan fingerprint density at radius 1 is 1.26 bits per heavy atom. The topological polar surface area (TPSA) is 142 Å². The van der Waals surface area contributed by atoms with Crippen LogP contribution < -0.4 is 24.8 Å². The monoisotopic (exact) mass is 502 g/mol. The zero-order valence-electron chi connectivity index (χ0n) is 19.3. The molecule has 1 aromatic carbocycles. The molecule has 2 aromatic rings. The van der Waals surface area contributed by atoms with Crippen LogP contribution in [-0.4, -0.2) is 47.4 Å². The van der Waals surface area contributed by atoms with Gasteiger partial charge in [-0.05, 0) is 12.8 Å². The Morgan fingerprint density at radius 3 is 2.69 bits per heavy atom. The predicted molar refractivity (Wildman–Crippen MR) is 120 cm³/mol. The van der Waals surface area contributed by atoms with Gasteiger partial charge in [0.25, 0.3) is 0 Å². The van der Waals surface area contributed by atoms with E-state index in [9.17, 15) is 14.4 Å². The number of benzene rings is 1. The number of carbonyl (C=O) groups is 3. The van der Waals surface area contributed by atoms with Crippen molar-refractivity contribution in [2.45, 2.75) is 44.4 Å². The second-order valence-electron chi connectivity index (χ2n) is 8.67. The molecule has 1 saturated heterocycles. The van der Waals surface area contributed by atoms with E-state index in [1.54, 1.807) is 6.92 Å². The third-order valence-electron chi connectivity index (χ3n) is 6.56. The molecular formula is C23H23ClN4O7. The standard InChI is InChI=1S/C23H23ClN4O7/c1-10-6-11(25-9-16-27-22(35-28-16)12-4-5-17(30)26-12)7-15(29)23(10)21(31)18-13(32-2)8-14(33-3)19(24)20(18)34-23/h7-8,10,12,25H,4-6,9H2,1-3H3,(H,26,30)/t10-,12?,23+/m1/s1. The zero-order valence-corrected chi connectivity index (χ0v) is 20.0. The number of allylic oxidation sites excluding steroid dienone is 1. The molecule has 12 heteroatoms. The minimum Gasteiger partial charge on any atom is -0.496 e. The molecule has 2 N–H and O–H groups in total. The third kappa shape index (κ3) is 3.61. The summed E-state index contributed by atoms with van der Waals surface area (Å²) in [5.41, 5.74) is -1.00. The fourth-order valence-electron chi connectivity index (χ4n) is 4.72. The summed E-state index contributed by atoms with van der Waals surface area (Å²) in [6.07, 6.45) is 2.74. The second-order valence-corrected chi connectivity index (χ2v) is 9.04. The van der Waals surface area contributed by atoms with Crippen LogP contribution in [0, 0.1) is 5.92 Å². The number of aromatic nitrogens is 2. The summed E-state index contributed by atoms with van der Waals surface area (Å²) in [7, 11) is 2.85. The maximum atomic E-state index is 13.5. The molecule has 35 heavy (non-hydrogen) atoms. The van der Waals surface area contributed by atoms with Gasteiger partial charge in [0.1, 0.15) is 28.1 Å². The number of methoxy groups -OCH3 is 2. The Kier molecular flexibility index (Phi) is 5.66. The zero-order chi connectivity index (χ0) is 24.9. The Balaban J connectivity index is 1.35. The molecule has 1 spiro atoms. The molecule has 5 rings (SSSR count). The number of hydrogen-bond acceptors (Lipinski definition) is 10. The average molecular weight is 503 g/mol. The van der Waals surface area contributed by atoms with Crippen molar-refractivity contribution in [2.24, 2.45) is 5.92 Å². The van der Waals surface area contributed by atoms with E-state index >= 15 is 0 Å². The van der Waals surface area contributed by atoms with E-state index in [1.165, 1.54) is 26.4 Å². The summed E-state index contributed by atoms with van der Waals surface area (Å²) >= 11 is 6.41. The number of amides is 1. The van der Waals surface area contributed by atoms with Gasteiger partial charge in [0.2, 0.25) is 29.0 Å². The lowest BCUT2D eigenvalue weighted by Gasteiger charge is -2.35. The molecule has 0 radical (unpaired) electrons. The number of nitrogens with one attached hydrogen (secondary N) is 2. The van der Waals surface area contributed by atoms with Crippen molar-refractivity contribution < 1.29 is 33.1 Å². The van der Waals surface area contributed by atoms with Gasteiger partial charge in [-0.3, -0.25) is 14.4 Å². The lowest BCUT2D eigenvalue weighted by atomic mass is 9.74. The molecule has 1 aliphatic carbocycles. The lowest BCUT2D eigenvalue weighted by molar-refractivity contribution is -0.129. The van der Waals surface area contributed by atoms with Crippen molar-refractivity contribution in [3.05, 3.63) is 40.1 Å². The number of Topliss-reactive ketones (excluding diaryl/α,β-unsaturated/α-hetero) is 1. The minimum absolute atomic E-state index is 0.0511. The summed E-state index contributed by atoms with van der Waals surface area (Å²) in [6.45, 7) is 1.97. The molecule has 1 unspecified atom stereocenters. The quantitative estimate of drug-likeness (QED) is 0.565. The van der Waals surface area contributed by atoms with E-state index in [0.717, 1.165) is 0 Å². The molecule has 11 nitrogen and oxygen atoms in total. The number of nitrogens with zero attached hydrogens (tertiary/aromatic N) is 2. The van der Waals surface area contributed by atoms with Crippen LogP contribution in [0.2, 0.25) is 5.02 Å². The first-order valence-corrected chi connectivity index (χ1v) is 11.4. The largest absolute Gasteiger partial charge is 0.496 e. The van der Waals surface area contributed by atoms with E-state index < -0.39 is 23.1 Å². The number of fused-ring (bicyclic) bond motifs is 1. The fraction of sp³-hybridized carbons (Fsp3) is 0.435. The van der Waals surface area contributed by atoms with Crippen molar-refractivity contribution in [3.63, 3.8) is 0 Å². The van der Waals surface area contributed by atoms with E-state index in [-0.39, 0.29) is 46.3 Å². The normalized spacial score (nSPS) is 25.3. The highest BCUT2D eigenvalue weighted by molar-refractivity contribution is 6.36. The Labute approximate surface area is 205 Å². The van der Waals surface area contributed by atoms with Gasteiger partial charge in [0, 0.05) is 30.2 Å². The number of halogens is 1. The summed E-state index contributed by atoms with van der Waals surface area (Å²) in [4.78, 5) is 42.6. The molecular weight excluding hydrogens is 480 g/mol. The molecule has 0 bridgehead atoms. The van der Waals surface area contributed by atoms with Gasteiger partial charge in [-0.1, -0.05) is 23.7 Å². The molecule has 3 atom stereocenters. The molecule has 0 saturated carbocycles. The maximum absolute atomic E-state index is 13.5. The predicted octanol–water partition coefficient (Wildman–Crippen LogP) is 2.29. The number of hydrogen-bond donors (Lipinski definition) is 2. The van der Waals surface area contributed by atoms with Crippen LogP contribution in [0.4, 0.5) is 0 Å². The number of rotatable bonds is 6. The van der Waals surface area contributed by atoms with Crippen LogP contribution in [0.25, 0.3) is 0 Å². The van der Waals surface area contributed by atoms with E-state index in [2.05, 4.69) is 20.8 Å². The highest BCUT2D eigenvalue weighted by atomic mass is 35.5. The van der Waals surface area contributed by atoms with Crippen molar-refractivity contribution in [2.75, 3.05) is 14.2 Å². The highest BCUT2D eigenvalue weighted by Gasteiger charge is 2.60. The van der Waals surface area contributed by atoms with Crippen molar-refractivity contribution in [1.82, 2.24) is 20.8 Å². The van der Waals surface area contributed by atoms with Crippen LogP contribution in [0.15, 0.2) is 22.4 Å². The van der Waals surface area contributed by atoms with Crippen molar-refractivity contribution >= 4 is 29.1 Å². The van der Waals surface area contributed by atoms with Gasteiger partial charge < -0.3 is 29.4 Å². The van der Waals surface area contributed by atoms with Gasteiger partial charge in [-0.2, -0.15) is 4.98 Å². The third-order valence-corrected chi connectivity index (χ3v) is 6.92.